The first-order valence-electron chi connectivity index (χ1n) is 9.86. The van der Waals surface area contributed by atoms with Crippen molar-refractivity contribution in [1.29, 1.82) is 0 Å². The number of ether oxygens (including phenoxy) is 2. The molecule has 0 aliphatic carbocycles. The molecule has 0 bridgehead atoms. The van der Waals surface area contributed by atoms with Crippen LogP contribution in [0.3, 0.4) is 0 Å². The van der Waals surface area contributed by atoms with Gasteiger partial charge in [0.15, 0.2) is 5.69 Å². The molecule has 182 valence electrons. The number of nitro benzene ring substituents is 2. The monoisotopic (exact) mass is 478 g/mol. The number of nitrogens with zero attached hydrogens (tertiary/aromatic N) is 5. The number of carbonyl (C=O) groups is 1. The normalized spacial score (nSPS) is 10.9. The molecule has 0 aliphatic heterocycles. The van der Waals surface area contributed by atoms with Gasteiger partial charge in [0.25, 0.3) is 0 Å². The zero-order valence-electron chi connectivity index (χ0n) is 18.7. The summed E-state index contributed by atoms with van der Waals surface area (Å²) in [7, 11) is 3.14. The summed E-state index contributed by atoms with van der Waals surface area (Å²) in [5, 5.41) is 32.4. The van der Waals surface area contributed by atoms with Crippen LogP contribution in [0.4, 0.5) is 38.5 Å². The van der Waals surface area contributed by atoms with Gasteiger partial charge in [-0.2, -0.15) is 4.39 Å². The van der Waals surface area contributed by atoms with Crippen LogP contribution in [0.1, 0.15) is 6.92 Å². The van der Waals surface area contributed by atoms with Crippen LogP contribution in [0.25, 0.3) is 0 Å². The van der Waals surface area contributed by atoms with Crippen molar-refractivity contribution in [3.05, 3.63) is 56.4 Å². The SMILES string of the molecule is COCCN(CCOC)c1ccc(/N=N/c2cc(F)c([N+](=O)[O-])cc2[N+](=O)[O-])c(NC(C)=O)c1. The van der Waals surface area contributed by atoms with Gasteiger partial charge in [0, 0.05) is 46.0 Å². The minimum absolute atomic E-state index is 0.130. The Balaban J connectivity index is 2.48. The molecule has 34 heavy (non-hydrogen) atoms. The van der Waals surface area contributed by atoms with Crippen molar-refractivity contribution >= 4 is 40.0 Å². The first-order valence-corrected chi connectivity index (χ1v) is 9.86. The van der Waals surface area contributed by atoms with Crippen LogP contribution in [-0.4, -0.2) is 56.3 Å². The van der Waals surface area contributed by atoms with Crippen molar-refractivity contribution in [2.45, 2.75) is 6.92 Å². The van der Waals surface area contributed by atoms with E-state index >= 15 is 0 Å². The quantitative estimate of drug-likeness (QED) is 0.271. The maximum Gasteiger partial charge on any atom is 0.311 e. The Morgan fingerprint density at radius 2 is 1.59 bits per heavy atom. The van der Waals surface area contributed by atoms with Gasteiger partial charge in [0.2, 0.25) is 11.7 Å². The van der Waals surface area contributed by atoms with Crippen LogP contribution in [0.15, 0.2) is 40.6 Å². The summed E-state index contributed by atoms with van der Waals surface area (Å²) in [6, 6.07) is 5.88. The summed E-state index contributed by atoms with van der Waals surface area (Å²) in [6.45, 7) is 3.24. The second kappa shape index (κ2) is 12.3. The van der Waals surface area contributed by atoms with Gasteiger partial charge in [0.05, 0.1) is 34.8 Å². The minimum atomic E-state index is -1.30. The van der Waals surface area contributed by atoms with E-state index in [1.165, 1.54) is 13.0 Å². The highest BCUT2D eigenvalue weighted by molar-refractivity contribution is 5.93. The van der Waals surface area contributed by atoms with Crippen molar-refractivity contribution in [1.82, 2.24) is 0 Å². The van der Waals surface area contributed by atoms with Gasteiger partial charge >= 0.3 is 11.4 Å². The van der Waals surface area contributed by atoms with E-state index in [2.05, 4.69) is 15.5 Å². The third kappa shape index (κ3) is 6.98. The zero-order valence-corrected chi connectivity index (χ0v) is 18.7. The average molecular weight is 478 g/mol. The Kier molecular flexibility index (Phi) is 9.46. The fraction of sp³-hybridized carbons (Fsp3) is 0.350. The maximum absolute atomic E-state index is 14.0. The Bertz CT molecular complexity index is 1090. The van der Waals surface area contributed by atoms with Crippen LogP contribution in [0.5, 0.6) is 0 Å². The number of benzene rings is 2. The van der Waals surface area contributed by atoms with Gasteiger partial charge in [0.1, 0.15) is 5.69 Å². The van der Waals surface area contributed by atoms with E-state index in [0.29, 0.717) is 44.1 Å². The van der Waals surface area contributed by atoms with E-state index in [9.17, 15) is 29.4 Å². The van der Waals surface area contributed by atoms with Crippen molar-refractivity contribution in [2.75, 3.05) is 50.7 Å². The number of nitrogens with one attached hydrogen (secondary N) is 1. The summed E-state index contributed by atoms with van der Waals surface area (Å²) >= 11 is 0. The van der Waals surface area contributed by atoms with Crippen molar-refractivity contribution in [3.8, 4) is 0 Å². The molecule has 0 unspecified atom stereocenters. The number of halogens is 1. The number of nitro groups is 2. The van der Waals surface area contributed by atoms with Crippen LogP contribution >= 0.6 is 0 Å². The molecular formula is C20H23FN6O7. The van der Waals surface area contributed by atoms with E-state index in [1.54, 1.807) is 26.4 Å². The highest BCUT2D eigenvalue weighted by atomic mass is 19.1. The van der Waals surface area contributed by atoms with E-state index < -0.39 is 38.6 Å². The Labute approximate surface area is 193 Å². The van der Waals surface area contributed by atoms with Gasteiger partial charge in [-0.15, -0.1) is 10.2 Å². The number of hydrogen-bond donors (Lipinski definition) is 1. The van der Waals surface area contributed by atoms with Crippen LogP contribution < -0.4 is 10.2 Å². The summed E-state index contributed by atoms with van der Waals surface area (Å²) < 4.78 is 24.3. The van der Waals surface area contributed by atoms with Crippen molar-refractivity contribution < 1.29 is 28.5 Å². The second-order valence-electron chi connectivity index (χ2n) is 6.86. The topological polar surface area (TPSA) is 162 Å². The standard InChI is InChI=1S/C20H23FN6O7/c1-13(28)22-17-10-14(25(6-8-33-2)7-9-34-3)4-5-16(17)23-24-18-11-15(21)19(26(29)30)12-20(18)27(31)32/h4-5,10-12H,6-9H2,1-3H3,(H,22,28)/b24-23+. The Morgan fingerprint density at radius 3 is 2.12 bits per heavy atom. The van der Waals surface area contributed by atoms with E-state index in [4.69, 9.17) is 9.47 Å². The predicted octanol–water partition coefficient (Wildman–Crippen LogP) is 4.12. The Hall–Kier alpha value is -4.04. The third-order valence-electron chi connectivity index (χ3n) is 4.49. The number of rotatable bonds is 12. The Morgan fingerprint density at radius 1 is 1.00 bits per heavy atom. The van der Waals surface area contributed by atoms with E-state index in [1.807, 2.05) is 4.90 Å². The number of amides is 1. The molecule has 0 spiro atoms. The van der Waals surface area contributed by atoms with Gasteiger partial charge in [-0.3, -0.25) is 25.0 Å². The molecule has 1 N–H and O–H groups in total. The average Bonchev–Trinajstić information content (AvgIpc) is 2.77. The summed E-state index contributed by atoms with van der Waals surface area (Å²) in [4.78, 5) is 33.8. The molecule has 2 aromatic rings. The lowest BCUT2D eigenvalue weighted by molar-refractivity contribution is -0.395. The number of azo groups is 1. The fourth-order valence-electron chi connectivity index (χ4n) is 2.88. The van der Waals surface area contributed by atoms with Gasteiger partial charge in [-0.25, -0.2) is 0 Å². The molecule has 0 saturated heterocycles. The van der Waals surface area contributed by atoms with Gasteiger partial charge in [-0.1, -0.05) is 0 Å². The molecule has 1 amide bonds. The van der Waals surface area contributed by atoms with E-state index in [-0.39, 0.29) is 11.4 Å². The minimum Gasteiger partial charge on any atom is -0.383 e. The number of hydrogen-bond acceptors (Lipinski definition) is 10. The maximum atomic E-state index is 14.0. The lowest BCUT2D eigenvalue weighted by atomic mass is 10.2. The second-order valence-corrected chi connectivity index (χ2v) is 6.86. The van der Waals surface area contributed by atoms with Crippen molar-refractivity contribution in [3.63, 3.8) is 0 Å². The molecule has 14 heteroatoms. The summed E-state index contributed by atoms with van der Waals surface area (Å²) in [6.07, 6.45) is 0. The molecule has 0 aromatic heterocycles. The molecule has 2 aromatic carbocycles. The van der Waals surface area contributed by atoms with Crippen molar-refractivity contribution in [2.24, 2.45) is 10.2 Å². The first-order chi connectivity index (χ1) is 16.2. The predicted molar refractivity (Wildman–Crippen MR) is 121 cm³/mol. The van der Waals surface area contributed by atoms with E-state index in [0.717, 1.165) is 0 Å². The zero-order chi connectivity index (χ0) is 25.3. The highest BCUT2D eigenvalue weighted by Crippen LogP contribution is 2.36. The number of anilines is 2. The van der Waals surface area contributed by atoms with Crippen LogP contribution in [0.2, 0.25) is 0 Å². The molecule has 2 rings (SSSR count). The van der Waals surface area contributed by atoms with Crippen LogP contribution in [-0.2, 0) is 14.3 Å². The molecule has 0 aliphatic rings. The summed E-state index contributed by atoms with van der Waals surface area (Å²) in [5.74, 6) is -1.70. The number of carbonyl (C=O) groups excluding carboxylic acids is 1. The lowest BCUT2D eigenvalue weighted by Crippen LogP contribution is -2.30. The first kappa shape index (κ1) is 26.2. The molecule has 0 atom stereocenters. The third-order valence-corrected chi connectivity index (χ3v) is 4.49. The summed E-state index contributed by atoms with van der Waals surface area (Å²) in [5.41, 5.74) is -1.28. The number of methoxy groups -OCH3 is 2. The van der Waals surface area contributed by atoms with Gasteiger partial charge < -0.3 is 19.7 Å². The molecule has 0 radical (unpaired) electrons. The molecule has 13 nitrogen and oxygen atoms in total. The lowest BCUT2D eigenvalue weighted by Gasteiger charge is -2.25. The fourth-order valence-corrected chi connectivity index (χ4v) is 2.88. The molecular weight excluding hydrogens is 455 g/mol. The van der Waals surface area contributed by atoms with Gasteiger partial charge in [-0.05, 0) is 18.2 Å². The molecule has 0 fully saturated rings. The smallest absolute Gasteiger partial charge is 0.311 e. The molecule has 0 heterocycles. The van der Waals surface area contributed by atoms with Crippen LogP contribution in [0, 0.1) is 26.0 Å². The molecule has 0 saturated carbocycles. The highest BCUT2D eigenvalue weighted by Gasteiger charge is 2.25. The largest absolute Gasteiger partial charge is 0.383 e.